The van der Waals surface area contributed by atoms with Crippen LogP contribution in [-0.4, -0.2) is 15.0 Å². The van der Waals surface area contributed by atoms with Crippen molar-refractivity contribution in [2.24, 2.45) is 0 Å². The van der Waals surface area contributed by atoms with Gasteiger partial charge >= 0.3 is 0 Å². The fourth-order valence-electron chi connectivity index (χ4n) is 9.86. The van der Waals surface area contributed by atoms with Crippen molar-refractivity contribution in [3.63, 3.8) is 0 Å². The Hall–Kier alpha value is -8.01. The van der Waals surface area contributed by atoms with Crippen molar-refractivity contribution in [1.82, 2.24) is 15.0 Å². The van der Waals surface area contributed by atoms with Gasteiger partial charge in [0.25, 0.3) is 0 Å². The Kier molecular flexibility index (Phi) is 8.07. The average Bonchev–Trinajstić information content (AvgIpc) is 3.65. The lowest BCUT2D eigenvalue weighted by molar-refractivity contribution is 0.769. The molecule has 0 fully saturated rings. The summed E-state index contributed by atoms with van der Waals surface area (Å²) in [7, 11) is 0. The van der Waals surface area contributed by atoms with Crippen molar-refractivity contribution in [3.05, 3.63) is 247 Å². The SMILES string of the molecule is c1ccc(-c2nc(-c3cccc(-c4ccc5c(c4)C(c4ccccc4)(c4ccccc4)c4ccccc4-5)c3)nc(-c3ccc4c5ccccc5c5ccccc5c4c3)n2)cc1. The van der Waals surface area contributed by atoms with Crippen LogP contribution in [0.25, 0.3) is 88.7 Å². The van der Waals surface area contributed by atoms with Gasteiger partial charge in [-0.25, -0.2) is 15.0 Å². The number of hydrogen-bond acceptors (Lipinski definition) is 3. The quantitative estimate of drug-likeness (QED) is 0.158. The minimum atomic E-state index is -0.479. The topological polar surface area (TPSA) is 38.7 Å². The number of rotatable bonds is 6. The predicted molar refractivity (Wildman–Crippen MR) is 251 cm³/mol. The first-order valence-corrected chi connectivity index (χ1v) is 20.9. The zero-order valence-electron chi connectivity index (χ0n) is 33.2. The highest BCUT2D eigenvalue weighted by atomic mass is 15.0. The molecule has 12 rings (SSSR count). The van der Waals surface area contributed by atoms with Crippen LogP contribution in [0.4, 0.5) is 0 Å². The van der Waals surface area contributed by atoms with E-state index in [2.05, 4.69) is 206 Å². The van der Waals surface area contributed by atoms with E-state index in [-0.39, 0.29) is 0 Å². The van der Waals surface area contributed by atoms with Crippen molar-refractivity contribution in [2.75, 3.05) is 0 Å². The standard InChI is InChI=1S/C58H37N3/c1-4-17-38(18-5-1)55-59-56(61-57(60-55)42-32-33-49-47-27-11-10-25-45(47)46-26-12-13-28-48(46)52(49)36-42)41-20-16-19-39(35-41)40-31-34-51-50-29-14-15-30-53(50)58(54(51)37-40,43-21-6-2-7-22-43)44-23-8-3-9-24-44/h1-37H. The Balaban J connectivity index is 1.03. The third-order valence-electron chi connectivity index (χ3n) is 12.6. The molecule has 0 spiro atoms. The van der Waals surface area contributed by atoms with Crippen LogP contribution in [-0.2, 0) is 5.41 Å². The maximum absolute atomic E-state index is 5.25. The van der Waals surface area contributed by atoms with Crippen molar-refractivity contribution in [2.45, 2.75) is 5.41 Å². The number of nitrogens with zero attached hydrogens (tertiary/aromatic N) is 3. The van der Waals surface area contributed by atoms with Crippen molar-refractivity contribution in [1.29, 1.82) is 0 Å². The predicted octanol–water partition coefficient (Wildman–Crippen LogP) is 14.4. The average molecular weight is 776 g/mol. The Labute approximate surface area is 354 Å². The summed E-state index contributed by atoms with van der Waals surface area (Å²) in [6, 6.07) is 80.6. The van der Waals surface area contributed by atoms with E-state index < -0.39 is 5.41 Å². The number of hydrogen-bond donors (Lipinski definition) is 0. The summed E-state index contributed by atoms with van der Waals surface area (Å²) in [6.07, 6.45) is 0. The highest BCUT2D eigenvalue weighted by Gasteiger charge is 2.46. The van der Waals surface area contributed by atoms with E-state index in [0.717, 1.165) is 27.8 Å². The van der Waals surface area contributed by atoms with Crippen LogP contribution in [0.15, 0.2) is 224 Å². The summed E-state index contributed by atoms with van der Waals surface area (Å²) in [5.41, 5.74) is 12.2. The van der Waals surface area contributed by atoms with E-state index >= 15 is 0 Å². The zero-order chi connectivity index (χ0) is 40.3. The summed E-state index contributed by atoms with van der Waals surface area (Å²) in [5.74, 6) is 1.91. The molecule has 1 heterocycles. The molecule has 61 heavy (non-hydrogen) atoms. The molecule has 1 aliphatic rings. The van der Waals surface area contributed by atoms with Gasteiger partial charge in [-0.1, -0.05) is 206 Å². The molecule has 1 aliphatic carbocycles. The Morgan fingerprint density at radius 1 is 0.246 bits per heavy atom. The molecule has 0 saturated carbocycles. The zero-order valence-corrected chi connectivity index (χ0v) is 33.2. The molecule has 0 unspecified atom stereocenters. The molecule has 284 valence electrons. The van der Waals surface area contributed by atoms with Crippen LogP contribution in [0, 0.1) is 0 Å². The summed E-state index contributed by atoms with van der Waals surface area (Å²) in [4.78, 5) is 15.5. The first kappa shape index (κ1) is 35.0. The molecular formula is C58H37N3. The van der Waals surface area contributed by atoms with Gasteiger partial charge in [-0.15, -0.1) is 0 Å². The van der Waals surface area contributed by atoms with Crippen LogP contribution in [0.1, 0.15) is 22.3 Å². The van der Waals surface area contributed by atoms with Crippen LogP contribution >= 0.6 is 0 Å². The van der Waals surface area contributed by atoms with Gasteiger partial charge in [-0.3, -0.25) is 0 Å². The third-order valence-corrected chi connectivity index (χ3v) is 12.6. The lowest BCUT2D eigenvalue weighted by atomic mass is 9.67. The van der Waals surface area contributed by atoms with Crippen molar-refractivity contribution < 1.29 is 0 Å². The second-order valence-electron chi connectivity index (χ2n) is 15.9. The van der Waals surface area contributed by atoms with Crippen molar-refractivity contribution in [3.8, 4) is 56.4 Å². The van der Waals surface area contributed by atoms with Gasteiger partial charge < -0.3 is 0 Å². The molecular weight excluding hydrogens is 739 g/mol. The van der Waals surface area contributed by atoms with E-state index in [1.54, 1.807) is 0 Å². The normalized spacial score (nSPS) is 12.7. The third kappa shape index (κ3) is 5.55. The van der Waals surface area contributed by atoms with Gasteiger partial charge in [0.2, 0.25) is 0 Å². The molecule has 0 amide bonds. The number of benzene rings is 10. The molecule has 11 aromatic rings. The molecule has 1 aromatic heterocycles. The Bertz CT molecular complexity index is 3390. The van der Waals surface area contributed by atoms with Crippen molar-refractivity contribution >= 4 is 32.3 Å². The summed E-state index contributed by atoms with van der Waals surface area (Å²) in [6.45, 7) is 0. The second-order valence-corrected chi connectivity index (χ2v) is 15.9. The molecule has 0 atom stereocenters. The van der Waals surface area contributed by atoms with Gasteiger partial charge in [0.15, 0.2) is 17.5 Å². The molecule has 0 aliphatic heterocycles. The van der Waals surface area contributed by atoms with E-state index in [1.165, 1.54) is 65.7 Å². The molecule has 0 saturated heterocycles. The number of fused-ring (bicyclic) bond motifs is 9. The molecule has 3 nitrogen and oxygen atoms in total. The monoisotopic (exact) mass is 775 g/mol. The van der Waals surface area contributed by atoms with Gasteiger partial charge in [-0.2, -0.15) is 0 Å². The summed E-state index contributed by atoms with van der Waals surface area (Å²) >= 11 is 0. The minimum absolute atomic E-state index is 0.479. The first-order valence-electron chi connectivity index (χ1n) is 20.9. The summed E-state index contributed by atoms with van der Waals surface area (Å²) in [5, 5.41) is 7.33. The maximum Gasteiger partial charge on any atom is 0.164 e. The molecule has 0 bridgehead atoms. The highest BCUT2D eigenvalue weighted by molar-refractivity contribution is 6.25. The Morgan fingerprint density at radius 3 is 1.31 bits per heavy atom. The molecule has 3 heteroatoms. The first-order chi connectivity index (χ1) is 30.2. The van der Waals surface area contributed by atoms with Gasteiger partial charge in [0.1, 0.15) is 0 Å². The smallest absolute Gasteiger partial charge is 0.164 e. The molecule has 0 radical (unpaired) electrons. The molecule has 10 aromatic carbocycles. The fraction of sp³-hybridized carbons (Fsp3) is 0.0172. The van der Waals surface area contributed by atoms with Gasteiger partial charge in [-0.05, 0) is 95.0 Å². The Morgan fingerprint density at radius 2 is 0.672 bits per heavy atom. The fourth-order valence-corrected chi connectivity index (χ4v) is 9.86. The molecule has 0 N–H and O–H groups in total. The number of aromatic nitrogens is 3. The van der Waals surface area contributed by atoms with Crippen LogP contribution in [0.5, 0.6) is 0 Å². The lowest BCUT2D eigenvalue weighted by Gasteiger charge is -2.34. The highest BCUT2D eigenvalue weighted by Crippen LogP contribution is 2.56. The van der Waals surface area contributed by atoms with E-state index in [1.807, 2.05) is 18.2 Å². The van der Waals surface area contributed by atoms with Gasteiger partial charge in [0.05, 0.1) is 5.41 Å². The van der Waals surface area contributed by atoms with Crippen LogP contribution < -0.4 is 0 Å². The van der Waals surface area contributed by atoms with E-state index in [4.69, 9.17) is 15.0 Å². The summed E-state index contributed by atoms with van der Waals surface area (Å²) < 4.78 is 0. The van der Waals surface area contributed by atoms with Gasteiger partial charge in [0, 0.05) is 16.7 Å². The van der Waals surface area contributed by atoms with E-state index in [9.17, 15) is 0 Å². The lowest BCUT2D eigenvalue weighted by Crippen LogP contribution is -2.28. The van der Waals surface area contributed by atoms with E-state index in [0.29, 0.717) is 17.5 Å². The second kappa shape index (κ2) is 14.1. The minimum Gasteiger partial charge on any atom is -0.208 e. The van der Waals surface area contributed by atoms with Crippen LogP contribution in [0.3, 0.4) is 0 Å². The van der Waals surface area contributed by atoms with Crippen LogP contribution in [0.2, 0.25) is 0 Å². The largest absolute Gasteiger partial charge is 0.208 e. The maximum atomic E-state index is 5.25.